The van der Waals surface area contributed by atoms with E-state index in [4.69, 9.17) is 0 Å². The van der Waals surface area contributed by atoms with Crippen LogP contribution in [0.4, 0.5) is 0 Å². The van der Waals surface area contributed by atoms with Crippen molar-refractivity contribution in [1.82, 2.24) is 15.1 Å². The SMILES string of the molecule is CNC(CCc1ccccc1C)c1ccnn1C. The summed E-state index contributed by atoms with van der Waals surface area (Å²) in [5, 5.41) is 7.61. The Labute approximate surface area is 109 Å². The number of benzene rings is 1. The van der Waals surface area contributed by atoms with Crippen LogP contribution in [0.15, 0.2) is 36.5 Å². The lowest BCUT2D eigenvalue weighted by Gasteiger charge is -2.17. The lowest BCUT2D eigenvalue weighted by Crippen LogP contribution is -2.20. The normalized spacial score (nSPS) is 12.6. The van der Waals surface area contributed by atoms with Crippen molar-refractivity contribution in [1.29, 1.82) is 0 Å². The van der Waals surface area contributed by atoms with Gasteiger partial charge in [-0.15, -0.1) is 0 Å². The van der Waals surface area contributed by atoms with E-state index in [-0.39, 0.29) is 0 Å². The van der Waals surface area contributed by atoms with E-state index in [1.54, 1.807) is 0 Å². The molecule has 0 fully saturated rings. The van der Waals surface area contributed by atoms with Crippen molar-refractivity contribution in [3.63, 3.8) is 0 Å². The molecule has 1 atom stereocenters. The largest absolute Gasteiger partial charge is 0.312 e. The van der Waals surface area contributed by atoms with Gasteiger partial charge in [0.15, 0.2) is 0 Å². The fourth-order valence-corrected chi connectivity index (χ4v) is 2.36. The lowest BCUT2D eigenvalue weighted by molar-refractivity contribution is 0.506. The van der Waals surface area contributed by atoms with Crippen LogP contribution in [-0.2, 0) is 13.5 Å². The van der Waals surface area contributed by atoms with Gasteiger partial charge in [-0.25, -0.2) is 0 Å². The number of aromatic nitrogens is 2. The molecule has 0 aliphatic heterocycles. The van der Waals surface area contributed by atoms with Gasteiger partial charge in [0, 0.05) is 19.3 Å². The van der Waals surface area contributed by atoms with Crippen molar-refractivity contribution < 1.29 is 0 Å². The number of nitrogens with zero attached hydrogens (tertiary/aromatic N) is 2. The first-order valence-corrected chi connectivity index (χ1v) is 6.42. The molecule has 0 aliphatic rings. The molecule has 0 bridgehead atoms. The molecule has 3 heteroatoms. The Morgan fingerprint density at radius 3 is 2.67 bits per heavy atom. The molecule has 1 unspecified atom stereocenters. The topological polar surface area (TPSA) is 29.9 Å². The minimum atomic E-state index is 0.358. The van der Waals surface area contributed by atoms with Crippen LogP contribution in [0.5, 0.6) is 0 Å². The molecule has 3 nitrogen and oxygen atoms in total. The van der Waals surface area contributed by atoms with Crippen molar-refractivity contribution >= 4 is 0 Å². The van der Waals surface area contributed by atoms with Gasteiger partial charge >= 0.3 is 0 Å². The van der Waals surface area contributed by atoms with Crippen molar-refractivity contribution in [2.24, 2.45) is 7.05 Å². The molecule has 1 heterocycles. The molecule has 1 aromatic heterocycles. The minimum absolute atomic E-state index is 0.358. The first-order chi connectivity index (χ1) is 8.72. The van der Waals surface area contributed by atoms with E-state index in [0.29, 0.717) is 6.04 Å². The van der Waals surface area contributed by atoms with Gasteiger partial charge in [-0.1, -0.05) is 24.3 Å². The predicted octanol–water partition coefficient (Wildman–Crippen LogP) is 2.62. The molecule has 96 valence electrons. The molecule has 2 aromatic rings. The Morgan fingerprint density at radius 2 is 2.06 bits per heavy atom. The number of hydrogen-bond acceptors (Lipinski definition) is 2. The van der Waals surface area contributed by atoms with Crippen LogP contribution in [0.1, 0.15) is 29.3 Å². The zero-order valence-electron chi connectivity index (χ0n) is 11.4. The smallest absolute Gasteiger partial charge is 0.0550 e. The Kier molecular flexibility index (Phi) is 4.15. The van der Waals surface area contributed by atoms with Crippen LogP contribution < -0.4 is 5.32 Å². The van der Waals surface area contributed by atoms with Crippen LogP contribution in [0, 0.1) is 6.92 Å². The van der Waals surface area contributed by atoms with Crippen LogP contribution in [-0.4, -0.2) is 16.8 Å². The van der Waals surface area contributed by atoms with E-state index in [9.17, 15) is 0 Å². The molecule has 0 aliphatic carbocycles. The first-order valence-electron chi connectivity index (χ1n) is 6.42. The Bertz CT molecular complexity index is 502. The monoisotopic (exact) mass is 243 g/mol. The fourth-order valence-electron chi connectivity index (χ4n) is 2.36. The summed E-state index contributed by atoms with van der Waals surface area (Å²) in [6.45, 7) is 2.17. The molecular weight excluding hydrogens is 222 g/mol. The van der Waals surface area contributed by atoms with Crippen molar-refractivity contribution in [3.8, 4) is 0 Å². The molecule has 0 spiro atoms. The van der Waals surface area contributed by atoms with E-state index in [2.05, 4.69) is 47.7 Å². The standard InChI is InChI=1S/C15H21N3/c1-12-6-4-5-7-13(12)8-9-14(16-2)15-10-11-17-18(15)3/h4-7,10-11,14,16H,8-9H2,1-3H3. The Hall–Kier alpha value is -1.61. The second-order valence-electron chi connectivity index (χ2n) is 4.69. The summed E-state index contributed by atoms with van der Waals surface area (Å²) in [4.78, 5) is 0. The molecule has 0 saturated heterocycles. The first kappa shape index (κ1) is 12.8. The van der Waals surface area contributed by atoms with Gasteiger partial charge < -0.3 is 5.32 Å². The summed E-state index contributed by atoms with van der Waals surface area (Å²) in [5.41, 5.74) is 4.04. The van der Waals surface area contributed by atoms with Gasteiger partial charge in [-0.05, 0) is 44.0 Å². The molecular formula is C15H21N3. The summed E-state index contributed by atoms with van der Waals surface area (Å²) in [6, 6.07) is 11.0. The fraction of sp³-hybridized carbons (Fsp3) is 0.400. The molecule has 1 N–H and O–H groups in total. The van der Waals surface area contributed by atoms with Gasteiger partial charge in [0.1, 0.15) is 0 Å². The zero-order valence-corrected chi connectivity index (χ0v) is 11.4. The minimum Gasteiger partial charge on any atom is -0.312 e. The summed E-state index contributed by atoms with van der Waals surface area (Å²) in [6.07, 6.45) is 4.03. The second-order valence-corrected chi connectivity index (χ2v) is 4.69. The van der Waals surface area contributed by atoms with Gasteiger partial charge in [0.05, 0.1) is 5.69 Å². The molecule has 0 amide bonds. The Balaban J connectivity index is 2.05. The van der Waals surface area contributed by atoms with E-state index >= 15 is 0 Å². The quantitative estimate of drug-likeness (QED) is 0.875. The number of aryl methyl sites for hydroxylation is 3. The van der Waals surface area contributed by atoms with E-state index in [1.807, 2.05) is 25.0 Å². The maximum atomic E-state index is 4.23. The van der Waals surface area contributed by atoms with Crippen molar-refractivity contribution in [2.45, 2.75) is 25.8 Å². The van der Waals surface area contributed by atoms with Crippen molar-refractivity contribution in [3.05, 3.63) is 53.3 Å². The Morgan fingerprint density at radius 1 is 1.28 bits per heavy atom. The maximum Gasteiger partial charge on any atom is 0.0550 e. The van der Waals surface area contributed by atoms with Crippen LogP contribution in [0.2, 0.25) is 0 Å². The molecule has 0 saturated carbocycles. The lowest BCUT2D eigenvalue weighted by atomic mass is 9.99. The summed E-state index contributed by atoms with van der Waals surface area (Å²) in [5.74, 6) is 0. The molecule has 1 aromatic carbocycles. The zero-order chi connectivity index (χ0) is 13.0. The second kappa shape index (κ2) is 5.83. The van der Waals surface area contributed by atoms with Crippen LogP contribution >= 0.6 is 0 Å². The molecule has 2 rings (SSSR count). The van der Waals surface area contributed by atoms with Gasteiger partial charge in [0.25, 0.3) is 0 Å². The highest BCUT2D eigenvalue weighted by Gasteiger charge is 2.13. The number of rotatable bonds is 5. The highest BCUT2D eigenvalue weighted by atomic mass is 15.3. The van der Waals surface area contributed by atoms with E-state index in [0.717, 1.165) is 12.8 Å². The highest BCUT2D eigenvalue weighted by molar-refractivity contribution is 5.26. The van der Waals surface area contributed by atoms with E-state index < -0.39 is 0 Å². The molecule has 18 heavy (non-hydrogen) atoms. The van der Waals surface area contributed by atoms with Gasteiger partial charge in [-0.2, -0.15) is 5.10 Å². The van der Waals surface area contributed by atoms with Gasteiger partial charge in [0.2, 0.25) is 0 Å². The summed E-state index contributed by atoms with van der Waals surface area (Å²) in [7, 11) is 4.00. The van der Waals surface area contributed by atoms with Crippen molar-refractivity contribution in [2.75, 3.05) is 7.05 Å². The third-order valence-electron chi connectivity index (χ3n) is 3.53. The average molecular weight is 243 g/mol. The predicted molar refractivity (Wildman–Crippen MR) is 74.5 cm³/mol. The summed E-state index contributed by atoms with van der Waals surface area (Å²) < 4.78 is 1.94. The third kappa shape index (κ3) is 2.79. The number of nitrogens with one attached hydrogen (secondary N) is 1. The molecule has 0 radical (unpaired) electrons. The third-order valence-corrected chi connectivity index (χ3v) is 3.53. The average Bonchev–Trinajstić information content (AvgIpc) is 2.79. The van der Waals surface area contributed by atoms with E-state index in [1.165, 1.54) is 16.8 Å². The van der Waals surface area contributed by atoms with Crippen LogP contribution in [0.3, 0.4) is 0 Å². The highest BCUT2D eigenvalue weighted by Crippen LogP contribution is 2.19. The summed E-state index contributed by atoms with van der Waals surface area (Å²) >= 11 is 0. The van der Waals surface area contributed by atoms with Crippen LogP contribution in [0.25, 0.3) is 0 Å². The van der Waals surface area contributed by atoms with Gasteiger partial charge in [-0.3, -0.25) is 4.68 Å². The maximum absolute atomic E-state index is 4.23. The number of hydrogen-bond donors (Lipinski definition) is 1.